The van der Waals surface area contributed by atoms with Gasteiger partial charge in [0.25, 0.3) is 5.69 Å². The topological polar surface area (TPSA) is 52.4 Å². The predicted molar refractivity (Wildman–Crippen MR) is 50.1 cm³/mol. The fraction of sp³-hybridized carbons (Fsp3) is 0.250. The van der Waals surface area contributed by atoms with Gasteiger partial charge in [-0.1, -0.05) is 12.1 Å². The molecule has 1 aromatic carbocycles. The van der Waals surface area contributed by atoms with E-state index in [0.29, 0.717) is 12.1 Å². The number of hydrogen-bond donors (Lipinski definition) is 0. The summed E-state index contributed by atoms with van der Waals surface area (Å²) in [6, 6.07) is 6.30. The van der Waals surface area contributed by atoms with Crippen LogP contribution in [0.15, 0.2) is 24.3 Å². The van der Waals surface area contributed by atoms with Crippen LogP contribution in [-0.2, 0) is 4.65 Å². The molecule has 1 radical (unpaired) electrons. The van der Waals surface area contributed by atoms with Gasteiger partial charge in [-0.05, 0) is 12.4 Å². The molecular weight excluding hydrogens is 169 g/mol. The number of nitrogens with zero attached hydrogens (tertiary/aromatic N) is 1. The van der Waals surface area contributed by atoms with Crippen molar-refractivity contribution in [1.82, 2.24) is 0 Å². The molecule has 4 nitrogen and oxygen atoms in total. The quantitative estimate of drug-likeness (QED) is 0.390. The summed E-state index contributed by atoms with van der Waals surface area (Å²) in [4.78, 5) is 9.95. The fourth-order valence-corrected chi connectivity index (χ4v) is 0.891. The Bertz CT molecular complexity index is 303. The number of nitro benzene ring substituents is 1. The van der Waals surface area contributed by atoms with Crippen molar-refractivity contribution in [3.8, 4) is 0 Å². The van der Waals surface area contributed by atoms with Crippen LogP contribution in [-0.4, -0.2) is 19.0 Å². The molecule has 0 saturated heterocycles. The van der Waals surface area contributed by atoms with Crippen LogP contribution in [0.2, 0.25) is 0 Å². The van der Waals surface area contributed by atoms with Crippen LogP contribution in [0.3, 0.4) is 0 Å². The Balaban J connectivity index is 2.73. The van der Waals surface area contributed by atoms with Crippen molar-refractivity contribution >= 4 is 18.6 Å². The monoisotopic (exact) mass is 178 g/mol. The molecule has 5 heteroatoms. The number of non-ortho nitro benzene ring substituents is 1. The number of nitro groups is 1. The van der Waals surface area contributed by atoms with E-state index < -0.39 is 4.92 Å². The van der Waals surface area contributed by atoms with E-state index in [4.69, 9.17) is 4.65 Å². The van der Waals surface area contributed by atoms with Gasteiger partial charge >= 0.3 is 7.48 Å². The lowest BCUT2D eigenvalue weighted by atomic mass is 9.88. The molecule has 0 fully saturated rings. The Kier molecular flexibility index (Phi) is 3.46. The highest BCUT2D eigenvalue weighted by molar-refractivity contribution is 6.47. The summed E-state index contributed by atoms with van der Waals surface area (Å²) in [7, 11) is 1.51. The van der Waals surface area contributed by atoms with Gasteiger partial charge < -0.3 is 4.65 Å². The van der Waals surface area contributed by atoms with Crippen molar-refractivity contribution < 1.29 is 9.58 Å². The summed E-state index contributed by atoms with van der Waals surface area (Å²) in [5.41, 5.74) is 0.782. The van der Waals surface area contributed by atoms with Crippen LogP contribution >= 0.6 is 0 Å². The maximum absolute atomic E-state index is 10.4. The minimum atomic E-state index is -0.427. The zero-order chi connectivity index (χ0) is 9.68. The zero-order valence-corrected chi connectivity index (χ0v) is 7.27. The molecule has 0 aromatic heterocycles. The third-order valence-electron chi connectivity index (χ3n) is 1.47. The molecule has 1 rings (SSSR count). The van der Waals surface area contributed by atoms with Gasteiger partial charge in [0.05, 0.1) is 4.92 Å². The van der Waals surface area contributed by atoms with E-state index in [-0.39, 0.29) is 5.69 Å². The molecule has 13 heavy (non-hydrogen) atoms. The first kappa shape index (κ1) is 9.73. The number of hydrogen-bond acceptors (Lipinski definition) is 3. The van der Waals surface area contributed by atoms with Crippen LogP contribution in [0.4, 0.5) is 5.69 Å². The molecule has 0 aliphatic carbocycles. The third-order valence-corrected chi connectivity index (χ3v) is 1.47. The molecule has 0 aliphatic heterocycles. The van der Waals surface area contributed by atoms with Gasteiger partial charge in [0.2, 0.25) is 0 Å². The molecule has 0 bridgehead atoms. The number of benzene rings is 1. The maximum atomic E-state index is 10.4. The van der Waals surface area contributed by atoms with E-state index in [2.05, 4.69) is 0 Å². The zero-order valence-electron chi connectivity index (χ0n) is 7.27. The molecular formula is C8H9BNO3. The van der Waals surface area contributed by atoms with Gasteiger partial charge in [0.1, 0.15) is 0 Å². The van der Waals surface area contributed by atoms with Crippen LogP contribution in [0.25, 0.3) is 0 Å². The summed E-state index contributed by atoms with van der Waals surface area (Å²) in [5, 5.41) is 10.4. The Morgan fingerprint density at radius 2 is 2.38 bits per heavy atom. The molecule has 0 spiro atoms. The van der Waals surface area contributed by atoms with Crippen molar-refractivity contribution in [2.45, 2.75) is 6.92 Å². The lowest BCUT2D eigenvalue weighted by Crippen LogP contribution is -2.17. The minimum absolute atomic E-state index is 0.0773. The summed E-state index contributed by atoms with van der Waals surface area (Å²) in [6.07, 6.45) is 0. The molecule has 0 saturated carbocycles. The molecule has 0 N–H and O–H groups in total. The maximum Gasteiger partial charge on any atom is 0.330 e. The lowest BCUT2D eigenvalue weighted by molar-refractivity contribution is -0.384. The summed E-state index contributed by atoms with van der Waals surface area (Å²) >= 11 is 0. The largest absolute Gasteiger partial charge is 0.434 e. The number of rotatable bonds is 4. The smallest absolute Gasteiger partial charge is 0.330 e. The molecule has 67 valence electrons. The van der Waals surface area contributed by atoms with E-state index in [1.807, 2.05) is 6.92 Å². The van der Waals surface area contributed by atoms with Gasteiger partial charge in [-0.15, -0.1) is 0 Å². The van der Waals surface area contributed by atoms with E-state index in [9.17, 15) is 10.1 Å². The fourth-order valence-electron chi connectivity index (χ4n) is 0.891. The van der Waals surface area contributed by atoms with E-state index in [0.717, 1.165) is 0 Å². The molecule has 1 aromatic rings. The first-order chi connectivity index (χ1) is 6.24. The van der Waals surface area contributed by atoms with Gasteiger partial charge in [0, 0.05) is 18.7 Å². The second-order valence-corrected chi connectivity index (χ2v) is 2.43. The highest BCUT2D eigenvalue weighted by atomic mass is 16.6. The SMILES string of the molecule is CCO[B]c1cccc([N+](=O)[O-])c1. The average Bonchev–Trinajstić information content (AvgIpc) is 2.15. The third kappa shape index (κ3) is 2.87. The molecule has 0 heterocycles. The predicted octanol–water partition coefficient (Wildman–Crippen LogP) is 0.876. The second-order valence-electron chi connectivity index (χ2n) is 2.43. The molecule has 0 atom stereocenters. The molecule has 0 amide bonds. The lowest BCUT2D eigenvalue weighted by Gasteiger charge is -1.98. The highest BCUT2D eigenvalue weighted by Gasteiger charge is 2.05. The van der Waals surface area contributed by atoms with Crippen molar-refractivity contribution in [2.24, 2.45) is 0 Å². The summed E-state index contributed by atoms with van der Waals surface area (Å²) in [5.74, 6) is 0. The van der Waals surface area contributed by atoms with Gasteiger partial charge in [-0.25, -0.2) is 0 Å². The van der Waals surface area contributed by atoms with Crippen molar-refractivity contribution in [2.75, 3.05) is 6.61 Å². The van der Waals surface area contributed by atoms with Crippen LogP contribution in [0, 0.1) is 10.1 Å². The Labute approximate surface area is 77.0 Å². The van der Waals surface area contributed by atoms with Crippen LogP contribution in [0.5, 0.6) is 0 Å². The van der Waals surface area contributed by atoms with Crippen molar-refractivity contribution in [1.29, 1.82) is 0 Å². The average molecular weight is 178 g/mol. The van der Waals surface area contributed by atoms with E-state index >= 15 is 0 Å². The van der Waals surface area contributed by atoms with Gasteiger partial charge in [-0.3, -0.25) is 10.1 Å². The molecule has 0 aliphatic rings. The van der Waals surface area contributed by atoms with Crippen molar-refractivity contribution in [3.05, 3.63) is 34.4 Å². The van der Waals surface area contributed by atoms with Crippen LogP contribution in [0.1, 0.15) is 6.92 Å². The Morgan fingerprint density at radius 1 is 1.62 bits per heavy atom. The normalized spacial score (nSPS) is 9.62. The first-order valence-electron chi connectivity index (χ1n) is 3.93. The summed E-state index contributed by atoms with van der Waals surface area (Å²) in [6.45, 7) is 2.41. The Hall–Kier alpha value is -1.36. The minimum Gasteiger partial charge on any atom is -0.434 e. The van der Waals surface area contributed by atoms with Gasteiger partial charge in [-0.2, -0.15) is 0 Å². The second kappa shape index (κ2) is 4.62. The Morgan fingerprint density at radius 3 is 3.00 bits per heavy atom. The molecule has 0 unspecified atom stereocenters. The van der Waals surface area contributed by atoms with Crippen molar-refractivity contribution in [3.63, 3.8) is 0 Å². The van der Waals surface area contributed by atoms with Crippen LogP contribution < -0.4 is 5.46 Å². The summed E-state index contributed by atoms with van der Waals surface area (Å²) < 4.78 is 5.01. The first-order valence-corrected chi connectivity index (χ1v) is 3.93. The highest BCUT2D eigenvalue weighted by Crippen LogP contribution is 2.06. The van der Waals surface area contributed by atoms with E-state index in [1.165, 1.54) is 19.6 Å². The van der Waals surface area contributed by atoms with E-state index in [1.54, 1.807) is 12.1 Å². The standard InChI is InChI=1S/C8H9BNO3/c1-2-13-9-7-4-3-5-8(6-7)10(11)12/h3-6H,2H2,1H3. The van der Waals surface area contributed by atoms with Gasteiger partial charge in [0.15, 0.2) is 0 Å².